The number of hydrogen-bond acceptors (Lipinski definition) is 0. The van der Waals surface area contributed by atoms with Crippen molar-refractivity contribution in [1.29, 1.82) is 0 Å². The van der Waals surface area contributed by atoms with Crippen LogP contribution in [0.15, 0.2) is 47.1 Å². The summed E-state index contributed by atoms with van der Waals surface area (Å²) in [5.74, 6) is 0.734. The maximum absolute atomic E-state index is 4.32. The average molecular weight is 272 g/mol. The maximum Gasteiger partial charge on any atom is -0.0168 e. The zero-order valence-corrected chi connectivity index (χ0v) is 14.0. The Hall–Kier alpha value is -1.04. The van der Waals surface area contributed by atoms with Gasteiger partial charge in [0.15, 0.2) is 0 Å². The second-order valence-electron chi connectivity index (χ2n) is 6.59. The monoisotopic (exact) mass is 272 g/mol. The normalized spacial score (nSPS) is 19.5. The number of allylic oxidation sites excluding steroid dienone is 7. The Morgan fingerprint density at radius 3 is 2.50 bits per heavy atom. The summed E-state index contributed by atoms with van der Waals surface area (Å²) in [6.45, 7) is 13.2. The molecule has 0 N–H and O–H groups in total. The van der Waals surface area contributed by atoms with Crippen LogP contribution in [0.3, 0.4) is 0 Å². The molecule has 1 aliphatic rings. The molecule has 1 unspecified atom stereocenters. The van der Waals surface area contributed by atoms with Gasteiger partial charge in [-0.3, -0.25) is 0 Å². The molecular formula is C20H32. The lowest BCUT2D eigenvalue weighted by Gasteiger charge is -2.22. The lowest BCUT2D eigenvalue weighted by molar-refractivity contribution is 0.523. The van der Waals surface area contributed by atoms with Crippen molar-refractivity contribution in [1.82, 2.24) is 0 Å². The smallest absolute Gasteiger partial charge is 0.0168 e. The summed E-state index contributed by atoms with van der Waals surface area (Å²) in [7, 11) is 0. The van der Waals surface area contributed by atoms with Crippen molar-refractivity contribution in [3.8, 4) is 0 Å². The molecule has 0 spiro atoms. The fourth-order valence-corrected chi connectivity index (χ4v) is 2.73. The van der Waals surface area contributed by atoms with E-state index in [0.717, 1.165) is 12.3 Å². The van der Waals surface area contributed by atoms with Gasteiger partial charge in [-0.25, -0.2) is 0 Å². The molecular weight excluding hydrogens is 240 g/mol. The highest BCUT2D eigenvalue weighted by Gasteiger charge is 2.14. The van der Waals surface area contributed by atoms with Gasteiger partial charge in [0, 0.05) is 0 Å². The SMILES string of the molecule is C=C(CC/C=C(\C)CCC=C(C)C)C1CC=C(C)CC1. The van der Waals surface area contributed by atoms with Crippen molar-refractivity contribution in [2.24, 2.45) is 5.92 Å². The molecule has 0 nitrogen and oxygen atoms in total. The van der Waals surface area contributed by atoms with Gasteiger partial charge < -0.3 is 0 Å². The Labute approximate surface area is 126 Å². The average Bonchev–Trinajstić information content (AvgIpc) is 2.39. The Kier molecular flexibility index (Phi) is 7.65. The lowest BCUT2D eigenvalue weighted by Crippen LogP contribution is -2.07. The molecule has 0 bridgehead atoms. The largest absolute Gasteiger partial charge is 0.0996 e. The van der Waals surface area contributed by atoms with Crippen molar-refractivity contribution in [3.05, 3.63) is 47.1 Å². The first-order valence-corrected chi connectivity index (χ1v) is 8.11. The Balaban J connectivity index is 2.25. The standard InChI is InChI=1S/C20H32/c1-16(2)8-6-9-17(3)10-7-11-19(5)20-14-12-18(4)13-15-20/h8,10,12,20H,5-7,9,11,13-15H2,1-4H3/b17-10+. The van der Waals surface area contributed by atoms with E-state index in [2.05, 4.69) is 52.5 Å². The van der Waals surface area contributed by atoms with Crippen molar-refractivity contribution in [3.63, 3.8) is 0 Å². The third kappa shape index (κ3) is 6.93. The van der Waals surface area contributed by atoms with Crippen molar-refractivity contribution in [2.45, 2.75) is 72.6 Å². The highest BCUT2D eigenvalue weighted by atomic mass is 14.2. The first-order valence-electron chi connectivity index (χ1n) is 8.11. The van der Waals surface area contributed by atoms with E-state index >= 15 is 0 Å². The molecule has 112 valence electrons. The van der Waals surface area contributed by atoms with E-state index in [0.29, 0.717) is 0 Å². The fraction of sp³-hybridized carbons (Fsp3) is 0.600. The van der Waals surface area contributed by atoms with Crippen LogP contribution < -0.4 is 0 Å². The van der Waals surface area contributed by atoms with Crippen LogP contribution in [0.5, 0.6) is 0 Å². The van der Waals surface area contributed by atoms with Gasteiger partial charge >= 0.3 is 0 Å². The minimum absolute atomic E-state index is 0.734. The molecule has 0 aromatic carbocycles. The molecule has 0 amide bonds. The highest BCUT2D eigenvalue weighted by Crippen LogP contribution is 2.30. The van der Waals surface area contributed by atoms with Gasteiger partial charge in [-0.1, -0.05) is 47.1 Å². The predicted octanol–water partition coefficient (Wildman–Crippen LogP) is 6.76. The van der Waals surface area contributed by atoms with Gasteiger partial charge in [-0.15, -0.1) is 0 Å². The van der Waals surface area contributed by atoms with Gasteiger partial charge in [0.25, 0.3) is 0 Å². The molecule has 0 radical (unpaired) electrons. The molecule has 0 aromatic heterocycles. The van der Waals surface area contributed by atoms with E-state index in [9.17, 15) is 0 Å². The number of rotatable bonds is 7. The first-order chi connectivity index (χ1) is 9.49. The molecule has 0 aliphatic heterocycles. The molecule has 20 heavy (non-hydrogen) atoms. The lowest BCUT2D eigenvalue weighted by atomic mass is 9.83. The molecule has 1 atom stereocenters. The van der Waals surface area contributed by atoms with Crippen LogP contribution in [0.1, 0.15) is 72.6 Å². The summed E-state index contributed by atoms with van der Waals surface area (Å²) in [5.41, 5.74) is 5.97. The third-order valence-electron chi connectivity index (χ3n) is 4.26. The summed E-state index contributed by atoms with van der Waals surface area (Å²) >= 11 is 0. The summed E-state index contributed by atoms with van der Waals surface area (Å²) < 4.78 is 0. The van der Waals surface area contributed by atoms with Gasteiger partial charge in [0.2, 0.25) is 0 Å². The van der Waals surface area contributed by atoms with Gasteiger partial charge in [-0.05, 0) is 78.6 Å². The van der Waals surface area contributed by atoms with Crippen LogP contribution in [0, 0.1) is 5.92 Å². The minimum atomic E-state index is 0.734. The first kappa shape index (κ1) is 17.0. The summed E-state index contributed by atoms with van der Waals surface area (Å²) in [4.78, 5) is 0. The maximum atomic E-state index is 4.32. The van der Waals surface area contributed by atoms with Crippen LogP contribution in [-0.2, 0) is 0 Å². The van der Waals surface area contributed by atoms with Crippen molar-refractivity contribution >= 4 is 0 Å². The van der Waals surface area contributed by atoms with Gasteiger partial charge in [0.05, 0.1) is 0 Å². The highest BCUT2D eigenvalue weighted by molar-refractivity contribution is 5.12. The molecule has 0 fully saturated rings. The van der Waals surface area contributed by atoms with Gasteiger partial charge in [0.1, 0.15) is 0 Å². The summed E-state index contributed by atoms with van der Waals surface area (Å²) in [6.07, 6.45) is 15.6. The minimum Gasteiger partial charge on any atom is -0.0996 e. The molecule has 0 aromatic rings. The van der Waals surface area contributed by atoms with Crippen LogP contribution in [0.2, 0.25) is 0 Å². The Morgan fingerprint density at radius 2 is 1.90 bits per heavy atom. The quantitative estimate of drug-likeness (QED) is 0.449. The summed E-state index contributed by atoms with van der Waals surface area (Å²) in [6, 6.07) is 0. The van der Waals surface area contributed by atoms with Crippen molar-refractivity contribution in [2.75, 3.05) is 0 Å². The molecule has 0 heterocycles. The van der Waals surface area contributed by atoms with E-state index in [-0.39, 0.29) is 0 Å². The molecule has 0 heteroatoms. The van der Waals surface area contributed by atoms with Crippen molar-refractivity contribution < 1.29 is 0 Å². The second kappa shape index (κ2) is 9.00. The third-order valence-corrected chi connectivity index (χ3v) is 4.26. The Bertz CT molecular complexity index is 400. The van der Waals surface area contributed by atoms with Crippen LogP contribution in [0.25, 0.3) is 0 Å². The van der Waals surface area contributed by atoms with E-state index in [1.54, 1.807) is 5.57 Å². The van der Waals surface area contributed by atoms with E-state index in [4.69, 9.17) is 0 Å². The van der Waals surface area contributed by atoms with Crippen LogP contribution >= 0.6 is 0 Å². The van der Waals surface area contributed by atoms with Crippen LogP contribution in [0.4, 0.5) is 0 Å². The van der Waals surface area contributed by atoms with Crippen LogP contribution in [-0.4, -0.2) is 0 Å². The molecule has 0 saturated heterocycles. The zero-order chi connectivity index (χ0) is 15.0. The second-order valence-corrected chi connectivity index (χ2v) is 6.59. The predicted molar refractivity (Wildman–Crippen MR) is 91.9 cm³/mol. The van der Waals surface area contributed by atoms with E-state index in [1.807, 2.05) is 0 Å². The summed E-state index contributed by atoms with van der Waals surface area (Å²) in [5, 5.41) is 0. The Morgan fingerprint density at radius 1 is 1.20 bits per heavy atom. The fourth-order valence-electron chi connectivity index (χ4n) is 2.73. The molecule has 1 rings (SSSR count). The van der Waals surface area contributed by atoms with E-state index in [1.165, 1.54) is 55.2 Å². The topological polar surface area (TPSA) is 0 Å². The van der Waals surface area contributed by atoms with Gasteiger partial charge in [-0.2, -0.15) is 0 Å². The molecule has 0 saturated carbocycles. The van der Waals surface area contributed by atoms with E-state index < -0.39 is 0 Å². The zero-order valence-electron chi connectivity index (χ0n) is 14.0. The number of hydrogen-bond donors (Lipinski definition) is 0. The molecule has 1 aliphatic carbocycles.